The summed E-state index contributed by atoms with van der Waals surface area (Å²) >= 11 is 3.12. The standard InChI is InChI=1S/C19H19NO4S2/c21-17(11-24-19(23)13-25-12-16-3-2-10-26-16)14-5-7-15(8-6-14)20-9-1-4-18(20)22/h2-3,5-8,10H,1,4,9,11-13H2. The average Bonchev–Trinajstić information content (AvgIpc) is 3.31. The summed E-state index contributed by atoms with van der Waals surface area (Å²) in [5.41, 5.74) is 1.27. The van der Waals surface area contributed by atoms with Crippen LogP contribution in [-0.4, -0.2) is 36.6 Å². The zero-order valence-electron chi connectivity index (χ0n) is 14.2. The fourth-order valence-electron chi connectivity index (χ4n) is 2.65. The van der Waals surface area contributed by atoms with E-state index in [1.807, 2.05) is 17.5 Å². The first-order valence-corrected chi connectivity index (χ1v) is 10.4. The van der Waals surface area contributed by atoms with E-state index in [2.05, 4.69) is 0 Å². The molecule has 1 aliphatic rings. The molecule has 2 heterocycles. The second-order valence-electron chi connectivity index (χ2n) is 5.85. The number of benzene rings is 1. The predicted molar refractivity (Wildman–Crippen MR) is 104 cm³/mol. The molecule has 1 fully saturated rings. The van der Waals surface area contributed by atoms with Gasteiger partial charge >= 0.3 is 5.97 Å². The van der Waals surface area contributed by atoms with Crippen LogP contribution >= 0.6 is 23.1 Å². The first-order valence-electron chi connectivity index (χ1n) is 8.33. The molecule has 0 saturated carbocycles. The van der Waals surface area contributed by atoms with Gasteiger partial charge in [0.25, 0.3) is 0 Å². The summed E-state index contributed by atoms with van der Waals surface area (Å²) < 4.78 is 5.05. The maximum absolute atomic E-state index is 12.1. The van der Waals surface area contributed by atoms with E-state index in [4.69, 9.17) is 4.74 Å². The van der Waals surface area contributed by atoms with E-state index in [-0.39, 0.29) is 30.0 Å². The van der Waals surface area contributed by atoms with Crippen molar-refractivity contribution in [1.29, 1.82) is 0 Å². The summed E-state index contributed by atoms with van der Waals surface area (Å²) in [5, 5.41) is 2.00. The van der Waals surface area contributed by atoms with Crippen LogP contribution in [0, 0.1) is 0 Å². The minimum Gasteiger partial charge on any atom is -0.457 e. The monoisotopic (exact) mass is 389 g/mol. The molecule has 1 saturated heterocycles. The number of Topliss-reactive ketones (excluding diaryl/α,β-unsaturated/α-hetero) is 1. The van der Waals surface area contributed by atoms with Crippen LogP contribution < -0.4 is 4.90 Å². The summed E-state index contributed by atoms with van der Waals surface area (Å²) in [6.07, 6.45) is 1.43. The van der Waals surface area contributed by atoms with Gasteiger partial charge in [0.05, 0.1) is 5.75 Å². The molecule has 26 heavy (non-hydrogen) atoms. The number of thioether (sulfide) groups is 1. The van der Waals surface area contributed by atoms with Crippen molar-refractivity contribution in [3.8, 4) is 0 Å². The molecule has 0 aliphatic carbocycles. The zero-order chi connectivity index (χ0) is 18.4. The SMILES string of the molecule is O=C(CSCc1cccs1)OCC(=O)c1ccc(N2CCCC2=O)cc1. The normalized spacial score (nSPS) is 13.8. The number of hydrogen-bond donors (Lipinski definition) is 0. The lowest BCUT2D eigenvalue weighted by Gasteiger charge is -2.15. The molecule has 5 nitrogen and oxygen atoms in total. The van der Waals surface area contributed by atoms with Gasteiger partial charge in [0.2, 0.25) is 5.91 Å². The lowest BCUT2D eigenvalue weighted by molar-refractivity contribution is -0.139. The fraction of sp³-hybridized carbons (Fsp3) is 0.316. The second-order valence-corrected chi connectivity index (χ2v) is 7.87. The summed E-state index contributed by atoms with van der Waals surface area (Å²) in [5.74, 6) is 0.455. The van der Waals surface area contributed by atoms with E-state index in [1.165, 1.54) is 16.6 Å². The van der Waals surface area contributed by atoms with Crippen molar-refractivity contribution in [3.63, 3.8) is 0 Å². The third-order valence-corrected chi connectivity index (χ3v) is 6.00. The Labute approximate surface area is 160 Å². The minimum atomic E-state index is -0.390. The highest BCUT2D eigenvalue weighted by atomic mass is 32.2. The molecule has 1 amide bonds. The number of thiophene rings is 1. The van der Waals surface area contributed by atoms with E-state index in [1.54, 1.807) is 40.5 Å². The van der Waals surface area contributed by atoms with Gasteiger partial charge in [0.15, 0.2) is 12.4 Å². The van der Waals surface area contributed by atoms with Crippen LogP contribution in [0.3, 0.4) is 0 Å². The van der Waals surface area contributed by atoms with Gasteiger partial charge in [-0.1, -0.05) is 6.07 Å². The fourth-order valence-corrected chi connectivity index (χ4v) is 4.31. The van der Waals surface area contributed by atoms with Gasteiger partial charge in [-0.2, -0.15) is 0 Å². The van der Waals surface area contributed by atoms with Crippen LogP contribution in [0.2, 0.25) is 0 Å². The van der Waals surface area contributed by atoms with Crippen LogP contribution in [0.4, 0.5) is 5.69 Å². The van der Waals surface area contributed by atoms with Gasteiger partial charge in [-0.25, -0.2) is 0 Å². The van der Waals surface area contributed by atoms with Crippen LogP contribution in [0.25, 0.3) is 0 Å². The Balaban J connectivity index is 1.42. The summed E-state index contributed by atoms with van der Waals surface area (Å²) in [6.45, 7) is 0.452. The number of anilines is 1. The van der Waals surface area contributed by atoms with Crippen molar-refractivity contribution in [3.05, 3.63) is 52.2 Å². The highest BCUT2D eigenvalue weighted by Crippen LogP contribution is 2.22. The molecule has 0 bridgehead atoms. The highest BCUT2D eigenvalue weighted by molar-refractivity contribution is 7.99. The Morgan fingerprint density at radius 3 is 2.65 bits per heavy atom. The largest absolute Gasteiger partial charge is 0.457 e. The molecule has 0 radical (unpaired) electrons. The number of hydrogen-bond acceptors (Lipinski definition) is 6. The molecule has 7 heteroatoms. The number of ether oxygens (including phenoxy) is 1. The minimum absolute atomic E-state index is 0.109. The highest BCUT2D eigenvalue weighted by Gasteiger charge is 2.21. The van der Waals surface area contributed by atoms with Gasteiger partial charge in [-0.3, -0.25) is 14.4 Å². The molecule has 0 atom stereocenters. The molecule has 0 spiro atoms. The van der Waals surface area contributed by atoms with Gasteiger partial charge < -0.3 is 9.64 Å². The topological polar surface area (TPSA) is 63.7 Å². The van der Waals surface area contributed by atoms with Gasteiger partial charge in [0, 0.05) is 34.8 Å². The number of carbonyl (C=O) groups excluding carboxylic acids is 3. The number of esters is 1. The average molecular weight is 389 g/mol. The van der Waals surface area contributed by atoms with Crippen molar-refractivity contribution >= 4 is 46.4 Å². The van der Waals surface area contributed by atoms with Crippen molar-refractivity contribution in [2.45, 2.75) is 18.6 Å². The van der Waals surface area contributed by atoms with Gasteiger partial charge in [-0.15, -0.1) is 23.1 Å². The number of nitrogens with zero attached hydrogens (tertiary/aromatic N) is 1. The number of carbonyl (C=O) groups is 3. The van der Waals surface area contributed by atoms with E-state index in [0.29, 0.717) is 18.5 Å². The maximum atomic E-state index is 12.1. The smallest absolute Gasteiger partial charge is 0.316 e. The van der Waals surface area contributed by atoms with Crippen molar-refractivity contribution in [1.82, 2.24) is 0 Å². The molecule has 2 aromatic rings. The van der Waals surface area contributed by atoms with Crippen LogP contribution in [0.5, 0.6) is 0 Å². The third kappa shape index (κ3) is 4.95. The number of ketones is 1. The van der Waals surface area contributed by atoms with Crippen molar-refractivity contribution in [2.75, 3.05) is 23.8 Å². The predicted octanol–water partition coefficient (Wildman–Crippen LogP) is 3.53. The molecule has 1 aromatic heterocycles. The Kier molecular flexibility index (Phi) is 6.46. The maximum Gasteiger partial charge on any atom is 0.316 e. The van der Waals surface area contributed by atoms with E-state index < -0.39 is 0 Å². The molecular weight excluding hydrogens is 370 g/mol. The quantitative estimate of drug-likeness (QED) is 0.510. The van der Waals surface area contributed by atoms with Crippen LogP contribution in [0.1, 0.15) is 28.1 Å². The van der Waals surface area contributed by atoms with Crippen molar-refractivity contribution < 1.29 is 19.1 Å². The number of rotatable bonds is 8. The Bertz CT molecular complexity index is 771. The lowest BCUT2D eigenvalue weighted by Crippen LogP contribution is -2.23. The van der Waals surface area contributed by atoms with Crippen LogP contribution in [-0.2, 0) is 20.1 Å². The Morgan fingerprint density at radius 1 is 1.19 bits per heavy atom. The van der Waals surface area contributed by atoms with Crippen molar-refractivity contribution in [2.24, 2.45) is 0 Å². The molecule has 1 aliphatic heterocycles. The lowest BCUT2D eigenvalue weighted by atomic mass is 10.1. The van der Waals surface area contributed by atoms with Gasteiger partial charge in [0.1, 0.15) is 0 Å². The van der Waals surface area contributed by atoms with E-state index in [0.717, 1.165) is 17.9 Å². The first-order chi connectivity index (χ1) is 12.6. The molecule has 3 rings (SSSR count). The molecule has 0 unspecified atom stereocenters. The first kappa shape index (κ1) is 18.7. The summed E-state index contributed by atoms with van der Waals surface area (Å²) in [4.78, 5) is 38.5. The van der Waals surface area contributed by atoms with E-state index in [9.17, 15) is 14.4 Å². The molecule has 0 N–H and O–H groups in total. The van der Waals surface area contributed by atoms with Gasteiger partial charge in [-0.05, 0) is 42.1 Å². The second kappa shape index (κ2) is 9.00. The molecular formula is C19H19NO4S2. The number of amides is 1. The summed E-state index contributed by atoms with van der Waals surface area (Å²) in [7, 11) is 0. The van der Waals surface area contributed by atoms with Crippen LogP contribution in [0.15, 0.2) is 41.8 Å². The Hall–Kier alpha value is -2.12. The van der Waals surface area contributed by atoms with E-state index >= 15 is 0 Å². The molecule has 136 valence electrons. The summed E-state index contributed by atoms with van der Waals surface area (Å²) in [6, 6.07) is 10.9. The Morgan fingerprint density at radius 2 is 2.00 bits per heavy atom. The molecule has 1 aromatic carbocycles. The zero-order valence-corrected chi connectivity index (χ0v) is 15.8. The third-order valence-electron chi connectivity index (χ3n) is 3.98.